The first-order valence-electron chi connectivity index (χ1n) is 3.19. The summed E-state index contributed by atoms with van der Waals surface area (Å²) in [7, 11) is 0. The van der Waals surface area contributed by atoms with Crippen LogP contribution < -0.4 is 0 Å². The summed E-state index contributed by atoms with van der Waals surface area (Å²) < 4.78 is 36.5. The molecule has 0 saturated carbocycles. The maximum Gasteiger partial charge on any atom is 0.337 e. The lowest BCUT2D eigenvalue weighted by atomic mass is 10.2. The molecule has 0 aliphatic rings. The van der Waals surface area contributed by atoms with Crippen molar-refractivity contribution in [1.82, 2.24) is 4.98 Å². The second kappa shape index (κ2) is 3.42. The van der Waals surface area contributed by atoms with Crippen LogP contribution in [0, 0.1) is 5.95 Å². The fourth-order valence-electron chi connectivity index (χ4n) is 0.735. The maximum absolute atomic E-state index is 12.5. The van der Waals surface area contributed by atoms with Crippen molar-refractivity contribution in [2.45, 2.75) is 6.43 Å². The van der Waals surface area contributed by atoms with E-state index in [1.54, 1.807) is 0 Å². The zero-order valence-corrected chi connectivity index (χ0v) is 6.17. The van der Waals surface area contributed by atoms with Gasteiger partial charge in [-0.25, -0.2) is 18.6 Å². The molecule has 0 saturated heterocycles. The molecule has 0 fully saturated rings. The van der Waals surface area contributed by atoms with Crippen LogP contribution in [0.2, 0.25) is 0 Å². The van der Waals surface area contributed by atoms with Crippen molar-refractivity contribution >= 4 is 5.97 Å². The number of alkyl halides is 2. The molecule has 6 heteroatoms. The van der Waals surface area contributed by atoms with Crippen LogP contribution in [-0.4, -0.2) is 16.1 Å². The zero-order chi connectivity index (χ0) is 10.0. The molecule has 1 aromatic rings. The molecule has 1 N–H and O–H groups in total. The minimum atomic E-state index is -3.06. The van der Waals surface area contributed by atoms with Gasteiger partial charge in [-0.3, -0.25) is 0 Å². The molecule has 0 aliphatic heterocycles. The van der Waals surface area contributed by atoms with E-state index in [4.69, 9.17) is 5.11 Å². The highest BCUT2D eigenvalue weighted by Crippen LogP contribution is 2.21. The van der Waals surface area contributed by atoms with Crippen LogP contribution in [0.5, 0.6) is 0 Å². The number of carboxylic acid groups (broad SMARTS) is 1. The molecular weight excluding hydrogens is 187 g/mol. The molecule has 0 bridgehead atoms. The van der Waals surface area contributed by atoms with Gasteiger partial charge >= 0.3 is 5.97 Å². The van der Waals surface area contributed by atoms with E-state index in [0.717, 1.165) is 0 Å². The second-order valence-corrected chi connectivity index (χ2v) is 2.21. The van der Waals surface area contributed by atoms with E-state index in [1.807, 2.05) is 0 Å². The first-order valence-corrected chi connectivity index (χ1v) is 3.19. The number of rotatable bonds is 2. The molecule has 70 valence electrons. The molecular formula is C7H4F3NO2. The topological polar surface area (TPSA) is 50.2 Å². The van der Waals surface area contributed by atoms with Crippen molar-refractivity contribution in [2.75, 3.05) is 0 Å². The highest BCUT2D eigenvalue weighted by molar-refractivity contribution is 5.87. The fraction of sp³-hybridized carbons (Fsp3) is 0.143. The number of halogens is 3. The van der Waals surface area contributed by atoms with Crippen LogP contribution in [0.15, 0.2) is 12.3 Å². The van der Waals surface area contributed by atoms with E-state index >= 15 is 0 Å². The average Bonchev–Trinajstić information content (AvgIpc) is 2.04. The Bertz CT molecular complexity index is 341. The molecule has 0 radical (unpaired) electrons. The Labute approximate surface area is 70.8 Å². The predicted octanol–water partition coefficient (Wildman–Crippen LogP) is 1.86. The summed E-state index contributed by atoms with van der Waals surface area (Å²) in [4.78, 5) is 13.2. The molecule has 13 heavy (non-hydrogen) atoms. The number of aromatic carboxylic acids is 1. The molecule has 0 unspecified atom stereocenters. The van der Waals surface area contributed by atoms with Gasteiger partial charge in [-0.2, -0.15) is 4.39 Å². The average molecular weight is 191 g/mol. The van der Waals surface area contributed by atoms with Gasteiger partial charge in [0.05, 0.1) is 11.1 Å². The van der Waals surface area contributed by atoms with E-state index < -0.39 is 29.5 Å². The Hall–Kier alpha value is -1.59. The number of carboxylic acids is 1. The van der Waals surface area contributed by atoms with Crippen LogP contribution in [0.3, 0.4) is 0 Å². The largest absolute Gasteiger partial charge is 0.478 e. The summed E-state index contributed by atoms with van der Waals surface area (Å²) >= 11 is 0. The summed E-state index contributed by atoms with van der Waals surface area (Å²) in [5.74, 6) is -2.77. The molecule has 0 spiro atoms. The molecule has 1 aromatic heterocycles. The Morgan fingerprint density at radius 2 is 2.15 bits per heavy atom. The highest BCUT2D eigenvalue weighted by Gasteiger charge is 2.16. The van der Waals surface area contributed by atoms with Gasteiger partial charge in [0.1, 0.15) is 0 Å². The van der Waals surface area contributed by atoms with Crippen LogP contribution in [0.1, 0.15) is 22.3 Å². The normalized spacial score (nSPS) is 10.5. The number of nitrogens with zero attached hydrogens (tertiary/aromatic N) is 1. The second-order valence-electron chi connectivity index (χ2n) is 2.21. The fourth-order valence-corrected chi connectivity index (χ4v) is 0.735. The van der Waals surface area contributed by atoms with E-state index in [-0.39, 0.29) is 0 Å². The van der Waals surface area contributed by atoms with E-state index in [9.17, 15) is 18.0 Å². The van der Waals surface area contributed by atoms with Gasteiger partial charge in [-0.15, -0.1) is 0 Å². The van der Waals surface area contributed by atoms with Gasteiger partial charge in [0, 0.05) is 6.20 Å². The van der Waals surface area contributed by atoms with Crippen LogP contribution in [0.4, 0.5) is 13.2 Å². The van der Waals surface area contributed by atoms with E-state index in [0.29, 0.717) is 12.3 Å². The van der Waals surface area contributed by atoms with E-state index in [2.05, 4.69) is 4.98 Å². The lowest BCUT2D eigenvalue weighted by molar-refractivity contribution is 0.0695. The van der Waals surface area contributed by atoms with Crippen LogP contribution >= 0.6 is 0 Å². The number of pyridine rings is 1. The number of aromatic nitrogens is 1. The summed E-state index contributed by atoms with van der Waals surface area (Å²) in [6.45, 7) is 0. The number of carbonyl (C=O) groups is 1. The molecule has 1 rings (SSSR count). The van der Waals surface area contributed by atoms with Gasteiger partial charge in [-0.05, 0) is 6.07 Å². The van der Waals surface area contributed by atoms with Crippen molar-refractivity contribution < 1.29 is 23.1 Å². The Morgan fingerprint density at radius 3 is 2.62 bits per heavy atom. The lowest BCUT2D eigenvalue weighted by Crippen LogP contribution is -2.02. The summed E-state index contributed by atoms with van der Waals surface area (Å²) in [6, 6.07) is 0.565. The van der Waals surface area contributed by atoms with E-state index in [1.165, 1.54) is 0 Å². The smallest absolute Gasteiger partial charge is 0.337 e. The zero-order valence-electron chi connectivity index (χ0n) is 6.17. The van der Waals surface area contributed by atoms with Crippen molar-refractivity contribution in [2.24, 2.45) is 0 Å². The van der Waals surface area contributed by atoms with Gasteiger partial charge in [-0.1, -0.05) is 0 Å². The highest BCUT2D eigenvalue weighted by atomic mass is 19.3. The van der Waals surface area contributed by atoms with Gasteiger partial charge in [0.15, 0.2) is 0 Å². The van der Waals surface area contributed by atoms with Gasteiger partial charge in [0.25, 0.3) is 6.43 Å². The molecule has 3 nitrogen and oxygen atoms in total. The SMILES string of the molecule is O=C(O)c1cnc(F)c(C(F)F)c1. The summed E-state index contributed by atoms with van der Waals surface area (Å²) in [5.41, 5.74) is -1.46. The number of hydrogen-bond acceptors (Lipinski definition) is 2. The Morgan fingerprint density at radius 1 is 1.54 bits per heavy atom. The number of hydrogen-bond donors (Lipinski definition) is 1. The van der Waals surface area contributed by atoms with Crippen molar-refractivity contribution in [1.29, 1.82) is 0 Å². The standard InChI is InChI=1S/C7H4F3NO2/c8-5(9)4-1-3(7(12)13)2-11-6(4)10/h1-2,5H,(H,12,13). The van der Waals surface area contributed by atoms with Crippen molar-refractivity contribution in [3.63, 3.8) is 0 Å². The molecule has 0 amide bonds. The van der Waals surface area contributed by atoms with Crippen LogP contribution in [0.25, 0.3) is 0 Å². The first kappa shape index (κ1) is 9.50. The molecule has 0 aliphatic carbocycles. The monoisotopic (exact) mass is 191 g/mol. The predicted molar refractivity (Wildman–Crippen MR) is 36.1 cm³/mol. The maximum atomic E-state index is 12.5. The first-order chi connectivity index (χ1) is 6.02. The third kappa shape index (κ3) is 1.95. The van der Waals surface area contributed by atoms with Crippen molar-refractivity contribution in [3.8, 4) is 0 Å². The molecule has 0 aromatic carbocycles. The van der Waals surface area contributed by atoms with Gasteiger partial charge < -0.3 is 5.11 Å². The Balaban J connectivity index is 3.19. The summed E-state index contributed by atoms with van der Waals surface area (Å²) in [6.07, 6.45) is -2.38. The van der Waals surface area contributed by atoms with Gasteiger partial charge in [0.2, 0.25) is 5.95 Å². The summed E-state index contributed by atoms with van der Waals surface area (Å²) in [5, 5.41) is 8.37. The minimum absolute atomic E-state index is 0.461. The third-order valence-corrected chi connectivity index (χ3v) is 1.35. The van der Waals surface area contributed by atoms with Crippen LogP contribution in [-0.2, 0) is 0 Å². The quantitative estimate of drug-likeness (QED) is 0.725. The lowest BCUT2D eigenvalue weighted by Gasteiger charge is -2.01. The third-order valence-electron chi connectivity index (χ3n) is 1.35. The Kier molecular flexibility index (Phi) is 2.50. The molecule has 1 heterocycles. The van der Waals surface area contributed by atoms with Crippen molar-refractivity contribution in [3.05, 3.63) is 29.3 Å². The molecule has 0 atom stereocenters. The minimum Gasteiger partial charge on any atom is -0.478 e.